The molecule has 22 heavy (non-hydrogen) atoms. The predicted molar refractivity (Wildman–Crippen MR) is 90.4 cm³/mol. The van der Waals surface area contributed by atoms with Crippen molar-refractivity contribution in [3.05, 3.63) is 16.5 Å². The lowest BCUT2D eigenvalue weighted by molar-refractivity contribution is -0.129. The molecule has 0 aromatic carbocycles. The van der Waals surface area contributed by atoms with Crippen LogP contribution in [0.2, 0.25) is 4.34 Å². The van der Waals surface area contributed by atoms with E-state index >= 15 is 0 Å². The van der Waals surface area contributed by atoms with Gasteiger partial charge >= 0.3 is 0 Å². The van der Waals surface area contributed by atoms with Crippen LogP contribution in [0.3, 0.4) is 0 Å². The van der Waals surface area contributed by atoms with E-state index in [9.17, 15) is 13.2 Å². The molecule has 10 heteroatoms. The maximum atomic E-state index is 12.0. The molecule has 1 aromatic heterocycles. The highest BCUT2D eigenvalue weighted by Gasteiger charge is 2.26. The van der Waals surface area contributed by atoms with E-state index in [-0.39, 0.29) is 29.1 Å². The van der Waals surface area contributed by atoms with Crippen LogP contribution < -0.4 is 10.0 Å². The topological polar surface area (TPSA) is 78.5 Å². The maximum absolute atomic E-state index is 12.0. The SMILES string of the molecule is CNCC1CCN(C(=O)CNS(=O)(=O)c2ccc(Cl)s2)C1.Cl. The number of thiophene rings is 1. The molecule has 1 atom stereocenters. The second-order valence-corrected chi connectivity index (χ2v) is 8.64. The molecule has 0 saturated carbocycles. The first-order chi connectivity index (χ1) is 9.92. The molecule has 0 radical (unpaired) electrons. The van der Waals surface area contributed by atoms with Crippen LogP contribution in [-0.4, -0.2) is 52.5 Å². The van der Waals surface area contributed by atoms with Crippen molar-refractivity contribution in [2.75, 3.05) is 33.2 Å². The van der Waals surface area contributed by atoms with Crippen LogP contribution in [-0.2, 0) is 14.8 Å². The average molecular weight is 388 g/mol. The number of nitrogens with one attached hydrogen (secondary N) is 2. The molecular weight excluding hydrogens is 369 g/mol. The van der Waals surface area contributed by atoms with Crippen molar-refractivity contribution in [3.63, 3.8) is 0 Å². The van der Waals surface area contributed by atoms with E-state index in [1.54, 1.807) is 4.90 Å². The Hall–Kier alpha value is -0.380. The van der Waals surface area contributed by atoms with Gasteiger partial charge in [-0.05, 0) is 38.1 Å². The van der Waals surface area contributed by atoms with Crippen molar-refractivity contribution < 1.29 is 13.2 Å². The fourth-order valence-corrected chi connectivity index (χ4v) is 4.80. The highest BCUT2D eigenvalue weighted by molar-refractivity contribution is 7.91. The van der Waals surface area contributed by atoms with E-state index in [4.69, 9.17) is 11.6 Å². The molecule has 1 aromatic rings. The third-order valence-corrected chi connectivity index (χ3v) is 6.48. The molecule has 2 heterocycles. The van der Waals surface area contributed by atoms with Crippen LogP contribution in [0.25, 0.3) is 0 Å². The van der Waals surface area contributed by atoms with Crippen LogP contribution in [0.1, 0.15) is 6.42 Å². The largest absolute Gasteiger partial charge is 0.341 e. The number of nitrogens with zero attached hydrogens (tertiary/aromatic N) is 1. The van der Waals surface area contributed by atoms with Crippen LogP contribution in [0, 0.1) is 5.92 Å². The molecule has 0 spiro atoms. The van der Waals surface area contributed by atoms with Crippen molar-refractivity contribution in [2.45, 2.75) is 10.6 Å². The second kappa shape index (κ2) is 8.47. The molecule has 126 valence electrons. The number of sulfonamides is 1. The lowest BCUT2D eigenvalue weighted by Gasteiger charge is -2.16. The first kappa shape index (κ1) is 19.7. The first-order valence-electron chi connectivity index (χ1n) is 6.60. The lowest BCUT2D eigenvalue weighted by atomic mass is 10.1. The van der Waals surface area contributed by atoms with Gasteiger partial charge in [0.15, 0.2) is 0 Å². The quantitative estimate of drug-likeness (QED) is 0.767. The number of likely N-dealkylation sites (tertiary alicyclic amines) is 1. The Morgan fingerprint density at radius 1 is 1.50 bits per heavy atom. The molecule has 0 aliphatic carbocycles. The maximum Gasteiger partial charge on any atom is 0.250 e. The summed E-state index contributed by atoms with van der Waals surface area (Å²) < 4.78 is 26.8. The molecule has 1 amide bonds. The summed E-state index contributed by atoms with van der Waals surface area (Å²) in [6.07, 6.45) is 0.944. The fourth-order valence-electron chi connectivity index (χ4n) is 2.30. The van der Waals surface area contributed by atoms with Gasteiger partial charge < -0.3 is 10.2 Å². The summed E-state index contributed by atoms with van der Waals surface area (Å²) in [5, 5.41) is 3.09. The number of carbonyl (C=O) groups is 1. The number of hydrogen-bond donors (Lipinski definition) is 2. The normalized spacial score (nSPS) is 18.3. The summed E-state index contributed by atoms with van der Waals surface area (Å²) in [4.78, 5) is 13.7. The van der Waals surface area contributed by atoms with Gasteiger partial charge in [0.05, 0.1) is 10.9 Å². The standard InChI is InChI=1S/C12H18ClN3O3S2.ClH/c1-14-6-9-4-5-16(8-9)11(17)7-15-21(18,19)12-3-2-10(13)20-12;/h2-3,9,14-15H,4-8H2,1H3;1H. The van der Waals surface area contributed by atoms with E-state index in [0.29, 0.717) is 23.3 Å². The highest BCUT2D eigenvalue weighted by atomic mass is 35.5. The first-order valence-corrected chi connectivity index (χ1v) is 9.27. The average Bonchev–Trinajstić information content (AvgIpc) is 3.06. The van der Waals surface area contributed by atoms with Gasteiger partial charge in [-0.15, -0.1) is 23.7 Å². The van der Waals surface area contributed by atoms with Gasteiger partial charge in [-0.25, -0.2) is 13.1 Å². The molecule has 1 aliphatic rings. The molecule has 1 aliphatic heterocycles. The number of halogens is 2. The van der Waals surface area contributed by atoms with Crippen LogP contribution in [0.5, 0.6) is 0 Å². The zero-order valence-corrected chi connectivity index (χ0v) is 15.2. The molecule has 6 nitrogen and oxygen atoms in total. The summed E-state index contributed by atoms with van der Waals surface area (Å²) in [7, 11) is -1.78. The number of rotatable bonds is 6. The summed E-state index contributed by atoms with van der Waals surface area (Å²) in [5.74, 6) is 0.242. The van der Waals surface area contributed by atoms with E-state index < -0.39 is 10.0 Å². The minimum absolute atomic E-state index is 0. The number of carbonyl (C=O) groups excluding carboxylic acids is 1. The minimum Gasteiger partial charge on any atom is -0.341 e. The van der Waals surface area contributed by atoms with E-state index in [0.717, 1.165) is 24.3 Å². The Balaban J connectivity index is 0.00000242. The smallest absolute Gasteiger partial charge is 0.250 e. The number of amides is 1. The molecule has 1 saturated heterocycles. The zero-order valence-electron chi connectivity index (χ0n) is 12.0. The fraction of sp³-hybridized carbons (Fsp3) is 0.583. The van der Waals surface area contributed by atoms with E-state index in [1.807, 2.05) is 7.05 Å². The summed E-state index contributed by atoms with van der Waals surface area (Å²) in [5.41, 5.74) is 0. The summed E-state index contributed by atoms with van der Waals surface area (Å²) >= 11 is 6.69. The van der Waals surface area contributed by atoms with Gasteiger partial charge in [0, 0.05) is 13.1 Å². The van der Waals surface area contributed by atoms with Crippen LogP contribution in [0.4, 0.5) is 0 Å². The van der Waals surface area contributed by atoms with Crippen molar-refractivity contribution in [2.24, 2.45) is 5.92 Å². The van der Waals surface area contributed by atoms with Crippen molar-refractivity contribution in [1.29, 1.82) is 0 Å². The Kier molecular flexibility index (Phi) is 7.57. The Morgan fingerprint density at radius 3 is 2.82 bits per heavy atom. The van der Waals surface area contributed by atoms with Crippen molar-refractivity contribution in [1.82, 2.24) is 14.9 Å². The van der Waals surface area contributed by atoms with Gasteiger partial charge in [-0.2, -0.15) is 0 Å². The minimum atomic E-state index is -3.66. The molecular formula is C12H19Cl2N3O3S2. The Labute approximate surface area is 145 Å². The molecule has 2 rings (SSSR count). The lowest BCUT2D eigenvalue weighted by Crippen LogP contribution is -2.39. The van der Waals surface area contributed by atoms with E-state index in [1.165, 1.54) is 12.1 Å². The van der Waals surface area contributed by atoms with Gasteiger partial charge in [0.2, 0.25) is 5.91 Å². The Morgan fingerprint density at radius 2 is 2.23 bits per heavy atom. The molecule has 1 fully saturated rings. The number of hydrogen-bond acceptors (Lipinski definition) is 5. The molecule has 2 N–H and O–H groups in total. The molecule has 1 unspecified atom stereocenters. The second-order valence-electron chi connectivity index (χ2n) is 4.94. The predicted octanol–water partition coefficient (Wildman–Crippen LogP) is 1.17. The monoisotopic (exact) mass is 387 g/mol. The van der Waals surface area contributed by atoms with Gasteiger partial charge in [-0.1, -0.05) is 11.6 Å². The van der Waals surface area contributed by atoms with Crippen molar-refractivity contribution in [3.8, 4) is 0 Å². The van der Waals surface area contributed by atoms with Crippen molar-refractivity contribution >= 4 is 51.3 Å². The third-order valence-electron chi connectivity index (χ3n) is 3.36. The van der Waals surface area contributed by atoms with Crippen LogP contribution in [0.15, 0.2) is 16.3 Å². The van der Waals surface area contributed by atoms with Crippen LogP contribution >= 0.6 is 35.3 Å². The zero-order chi connectivity index (χ0) is 15.5. The third kappa shape index (κ3) is 5.07. The molecule has 0 bridgehead atoms. The van der Waals surface area contributed by atoms with Gasteiger partial charge in [0.1, 0.15) is 4.21 Å². The highest BCUT2D eigenvalue weighted by Crippen LogP contribution is 2.25. The summed E-state index contributed by atoms with van der Waals surface area (Å²) in [6, 6.07) is 2.95. The summed E-state index contributed by atoms with van der Waals surface area (Å²) in [6.45, 7) is 2.00. The Bertz CT molecular complexity index is 607. The van der Waals surface area contributed by atoms with Gasteiger partial charge in [0.25, 0.3) is 10.0 Å². The van der Waals surface area contributed by atoms with E-state index in [2.05, 4.69) is 10.0 Å². The van der Waals surface area contributed by atoms with Gasteiger partial charge in [-0.3, -0.25) is 4.79 Å².